The van der Waals surface area contributed by atoms with Crippen molar-refractivity contribution in [2.45, 2.75) is 59.2 Å². The van der Waals surface area contributed by atoms with Gasteiger partial charge >= 0.3 is 0 Å². The molecule has 122 valence electrons. The molecule has 1 saturated carbocycles. The minimum atomic E-state index is -0.487. The highest BCUT2D eigenvalue weighted by Gasteiger charge is 2.49. The summed E-state index contributed by atoms with van der Waals surface area (Å²) >= 11 is 0. The van der Waals surface area contributed by atoms with E-state index < -0.39 is 5.43 Å². The molecular formula is C17H25NO4. The zero-order valence-corrected chi connectivity index (χ0v) is 13.6. The number of fused-ring (bicyclic) bond motifs is 2. The zero-order chi connectivity index (χ0) is 16.1. The Morgan fingerprint density at radius 2 is 2.09 bits per heavy atom. The number of nitrogens with zero attached hydrogens (tertiary/aromatic N) is 1. The zero-order valence-electron chi connectivity index (χ0n) is 13.6. The lowest BCUT2D eigenvalue weighted by Gasteiger charge is -2.39. The molecule has 2 heterocycles. The van der Waals surface area contributed by atoms with Crippen LogP contribution < -0.4 is 5.43 Å². The summed E-state index contributed by atoms with van der Waals surface area (Å²) in [5.41, 5.74) is 0.123. The fourth-order valence-electron chi connectivity index (χ4n) is 4.72. The van der Waals surface area contributed by atoms with Gasteiger partial charge in [0.25, 0.3) is 0 Å². The van der Waals surface area contributed by atoms with Gasteiger partial charge in [-0.3, -0.25) is 9.69 Å². The van der Waals surface area contributed by atoms with E-state index in [1.807, 2.05) is 0 Å². The van der Waals surface area contributed by atoms with Crippen molar-refractivity contribution < 1.29 is 14.6 Å². The van der Waals surface area contributed by atoms with E-state index in [-0.39, 0.29) is 29.3 Å². The molecule has 1 aromatic rings. The van der Waals surface area contributed by atoms with Crippen LogP contribution in [0.2, 0.25) is 0 Å². The van der Waals surface area contributed by atoms with Crippen LogP contribution in [-0.4, -0.2) is 27.7 Å². The minimum Gasteiger partial charge on any atom is -0.502 e. The number of hydrogen-bond donors (Lipinski definition) is 2. The Bertz CT molecular complexity index is 636. The van der Waals surface area contributed by atoms with Gasteiger partial charge in [0.15, 0.2) is 5.76 Å². The van der Waals surface area contributed by atoms with Crippen LogP contribution in [0, 0.1) is 10.8 Å². The highest BCUT2D eigenvalue weighted by molar-refractivity contribution is 5.25. The van der Waals surface area contributed by atoms with Crippen LogP contribution in [-0.2, 0) is 13.2 Å². The van der Waals surface area contributed by atoms with Gasteiger partial charge in [-0.2, -0.15) is 0 Å². The first-order valence-electron chi connectivity index (χ1n) is 7.91. The molecule has 0 aromatic carbocycles. The molecule has 3 rings (SSSR count). The van der Waals surface area contributed by atoms with E-state index in [9.17, 15) is 15.0 Å². The van der Waals surface area contributed by atoms with E-state index >= 15 is 0 Å². The third-order valence-electron chi connectivity index (χ3n) is 5.07. The molecule has 1 aliphatic heterocycles. The number of likely N-dealkylation sites (tertiary alicyclic amines) is 1. The SMILES string of the molecule is CC1(C)C[C@H]2C[C@@](C)(CN2Cc2oc(CO)cc(=O)c2O)C1. The summed E-state index contributed by atoms with van der Waals surface area (Å²) in [6.07, 6.45) is 3.47. The number of hydrogen-bond acceptors (Lipinski definition) is 5. The quantitative estimate of drug-likeness (QED) is 0.896. The molecule has 1 saturated heterocycles. The second-order valence-corrected chi connectivity index (χ2v) is 8.13. The molecule has 2 bridgehead atoms. The van der Waals surface area contributed by atoms with Crippen molar-refractivity contribution in [3.05, 3.63) is 27.8 Å². The predicted octanol–water partition coefficient (Wildman–Crippen LogP) is 2.24. The smallest absolute Gasteiger partial charge is 0.227 e. The fourth-order valence-corrected chi connectivity index (χ4v) is 4.72. The van der Waals surface area contributed by atoms with Gasteiger partial charge in [-0.1, -0.05) is 20.8 Å². The van der Waals surface area contributed by atoms with Gasteiger partial charge in [0.1, 0.15) is 12.4 Å². The van der Waals surface area contributed by atoms with Crippen LogP contribution in [0.4, 0.5) is 0 Å². The molecule has 0 amide bonds. The monoisotopic (exact) mass is 307 g/mol. The van der Waals surface area contributed by atoms with Gasteiger partial charge < -0.3 is 14.6 Å². The summed E-state index contributed by atoms with van der Waals surface area (Å²) in [5, 5.41) is 19.1. The molecule has 1 aliphatic carbocycles. The molecule has 2 fully saturated rings. The number of aliphatic hydroxyl groups excluding tert-OH is 1. The van der Waals surface area contributed by atoms with Crippen molar-refractivity contribution >= 4 is 0 Å². The number of rotatable bonds is 3. The Morgan fingerprint density at radius 3 is 2.77 bits per heavy atom. The van der Waals surface area contributed by atoms with Crippen LogP contribution in [0.5, 0.6) is 5.75 Å². The first-order chi connectivity index (χ1) is 10.2. The molecule has 5 heteroatoms. The minimum absolute atomic E-state index is 0.200. The van der Waals surface area contributed by atoms with Gasteiger partial charge in [-0.15, -0.1) is 0 Å². The molecule has 0 unspecified atom stereocenters. The average Bonchev–Trinajstić information content (AvgIpc) is 2.63. The first kappa shape index (κ1) is 15.6. The standard InChI is InChI=1S/C17H25NO4/c1-16(2)5-11-6-17(3,9-16)10-18(11)7-14-15(21)13(20)4-12(8-19)22-14/h4,11,19,21H,5-10H2,1-3H3/t11-,17+/m0/s1. The number of aliphatic hydroxyl groups is 1. The van der Waals surface area contributed by atoms with Gasteiger partial charge in [-0.05, 0) is 30.1 Å². The Kier molecular flexibility index (Phi) is 3.61. The van der Waals surface area contributed by atoms with Crippen LogP contribution in [0.15, 0.2) is 15.3 Å². The van der Waals surface area contributed by atoms with Gasteiger partial charge in [0.2, 0.25) is 11.2 Å². The number of aromatic hydroxyl groups is 1. The molecule has 1 aromatic heterocycles. The molecule has 0 radical (unpaired) electrons. The predicted molar refractivity (Wildman–Crippen MR) is 82.5 cm³/mol. The first-order valence-corrected chi connectivity index (χ1v) is 7.91. The second-order valence-electron chi connectivity index (χ2n) is 8.13. The summed E-state index contributed by atoms with van der Waals surface area (Å²) in [5.74, 6) is 0.139. The lowest BCUT2D eigenvalue weighted by molar-refractivity contribution is 0.124. The van der Waals surface area contributed by atoms with E-state index in [1.165, 1.54) is 6.42 Å². The van der Waals surface area contributed by atoms with E-state index in [2.05, 4.69) is 25.7 Å². The summed E-state index contributed by atoms with van der Waals surface area (Å²) in [6, 6.07) is 1.60. The molecule has 2 atom stereocenters. The summed E-state index contributed by atoms with van der Waals surface area (Å²) in [6.45, 7) is 7.98. The molecule has 0 spiro atoms. The largest absolute Gasteiger partial charge is 0.502 e. The van der Waals surface area contributed by atoms with E-state index in [0.29, 0.717) is 18.0 Å². The van der Waals surface area contributed by atoms with Gasteiger partial charge in [0, 0.05) is 18.7 Å². The Hall–Kier alpha value is -1.33. The summed E-state index contributed by atoms with van der Waals surface area (Å²) < 4.78 is 5.49. The van der Waals surface area contributed by atoms with E-state index in [4.69, 9.17) is 4.42 Å². The van der Waals surface area contributed by atoms with Crippen molar-refractivity contribution in [3.8, 4) is 5.75 Å². The Labute approximate surface area is 130 Å². The third kappa shape index (κ3) is 2.79. The maximum absolute atomic E-state index is 11.7. The van der Waals surface area contributed by atoms with Crippen LogP contribution in [0.25, 0.3) is 0 Å². The van der Waals surface area contributed by atoms with E-state index in [1.54, 1.807) is 0 Å². The summed E-state index contributed by atoms with van der Waals surface area (Å²) in [4.78, 5) is 14.1. The molecule has 2 aliphatic rings. The molecule has 22 heavy (non-hydrogen) atoms. The van der Waals surface area contributed by atoms with Crippen molar-refractivity contribution in [2.75, 3.05) is 6.54 Å². The molecular weight excluding hydrogens is 282 g/mol. The lowest BCUT2D eigenvalue weighted by Crippen LogP contribution is -2.34. The second kappa shape index (κ2) is 5.10. The Morgan fingerprint density at radius 1 is 1.36 bits per heavy atom. The van der Waals surface area contributed by atoms with Crippen molar-refractivity contribution in [1.29, 1.82) is 0 Å². The van der Waals surface area contributed by atoms with Crippen LogP contribution >= 0.6 is 0 Å². The van der Waals surface area contributed by atoms with Crippen LogP contribution in [0.1, 0.15) is 51.6 Å². The highest BCUT2D eigenvalue weighted by Crippen LogP contribution is 2.52. The Balaban J connectivity index is 1.86. The van der Waals surface area contributed by atoms with Gasteiger partial charge in [-0.25, -0.2) is 0 Å². The summed E-state index contributed by atoms with van der Waals surface area (Å²) in [7, 11) is 0. The molecule has 5 nitrogen and oxygen atoms in total. The fraction of sp³-hybridized carbons (Fsp3) is 0.706. The normalized spacial score (nSPS) is 30.6. The van der Waals surface area contributed by atoms with Crippen molar-refractivity contribution in [1.82, 2.24) is 4.90 Å². The topological polar surface area (TPSA) is 73.9 Å². The van der Waals surface area contributed by atoms with Gasteiger partial charge in [0.05, 0.1) is 6.54 Å². The third-order valence-corrected chi connectivity index (χ3v) is 5.07. The van der Waals surface area contributed by atoms with E-state index in [0.717, 1.165) is 25.5 Å². The maximum atomic E-state index is 11.7. The average molecular weight is 307 g/mol. The lowest BCUT2D eigenvalue weighted by atomic mass is 9.65. The van der Waals surface area contributed by atoms with Crippen molar-refractivity contribution in [2.24, 2.45) is 10.8 Å². The maximum Gasteiger partial charge on any atom is 0.227 e. The molecule has 2 N–H and O–H groups in total. The highest BCUT2D eigenvalue weighted by atomic mass is 16.4. The van der Waals surface area contributed by atoms with Crippen LogP contribution in [0.3, 0.4) is 0 Å². The van der Waals surface area contributed by atoms with Crippen molar-refractivity contribution in [3.63, 3.8) is 0 Å².